The number of aliphatic imine (C=N–C) groups is 1. The van der Waals surface area contributed by atoms with E-state index in [9.17, 15) is 0 Å². The number of aryl methyl sites for hydroxylation is 1. The number of nitrogens with zero attached hydrogens (tertiary/aromatic N) is 4. The predicted molar refractivity (Wildman–Crippen MR) is 115 cm³/mol. The molecule has 0 bridgehead atoms. The van der Waals surface area contributed by atoms with Crippen molar-refractivity contribution in [2.24, 2.45) is 4.99 Å². The van der Waals surface area contributed by atoms with E-state index in [0.717, 1.165) is 44.2 Å². The van der Waals surface area contributed by atoms with Crippen LogP contribution in [0.1, 0.15) is 78.5 Å². The molecule has 1 aromatic heterocycles. The summed E-state index contributed by atoms with van der Waals surface area (Å²) < 4.78 is 7.92. The molecule has 0 spiro atoms. The Balaban J connectivity index is 1.89. The van der Waals surface area contributed by atoms with Crippen LogP contribution in [0.5, 0.6) is 0 Å². The zero-order chi connectivity index (χ0) is 20.2. The normalized spacial score (nSPS) is 19.6. The van der Waals surface area contributed by atoms with Crippen LogP contribution in [-0.2, 0) is 17.7 Å². The predicted octanol–water partition coefficient (Wildman–Crippen LogP) is 3.30. The fourth-order valence-corrected chi connectivity index (χ4v) is 3.63. The van der Waals surface area contributed by atoms with Gasteiger partial charge in [-0.3, -0.25) is 4.99 Å². The Kier molecular flexibility index (Phi) is 10.3. The molecule has 160 valence electrons. The zero-order valence-electron chi connectivity index (χ0n) is 18.3. The molecule has 3 atom stereocenters. The van der Waals surface area contributed by atoms with Crippen molar-refractivity contribution >= 4 is 5.96 Å². The minimum absolute atomic E-state index is 0.252. The molecule has 1 aromatic rings. The summed E-state index contributed by atoms with van der Waals surface area (Å²) in [5.74, 6) is 1.90. The van der Waals surface area contributed by atoms with Crippen LogP contribution in [0, 0.1) is 0 Å². The summed E-state index contributed by atoms with van der Waals surface area (Å²) in [6.07, 6.45) is 11.6. The van der Waals surface area contributed by atoms with E-state index in [4.69, 9.17) is 9.73 Å². The van der Waals surface area contributed by atoms with Gasteiger partial charge in [0.25, 0.3) is 0 Å². The van der Waals surface area contributed by atoms with Crippen LogP contribution < -0.4 is 10.6 Å². The first-order valence-electron chi connectivity index (χ1n) is 11.2. The molecule has 28 heavy (non-hydrogen) atoms. The van der Waals surface area contributed by atoms with Gasteiger partial charge >= 0.3 is 0 Å². The van der Waals surface area contributed by atoms with Crippen molar-refractivity contribution in [3.05, 3.63) is 12.2 Å². The Morgan fingerprint density at radius 1 is 1.29 bits per heavy atom. The number of hydrogen-bond donors (Lipinski definition) is 2. The highest BCUT2D eigenvalue weighted by atomic mass is 16.5. The summed E-state index contributed by atoms with van der Waals surface area (Å²) in [5.41, 5.74) is 0. The minimum atomic E-state index is 0.252. The van der Waals surface area contributed by atoms with Gasteiger partial charge < -0.3 is 19.9 Å². The number of unbranched alkanes of at least 4 members (excludes halogenated alkanes) is 3. The van der Waals surface area contributed by atoms with Gasteiger partial charge in [0, 0.05) is 25.6 Å². The Morgan fingerprint density at radius 2 is 2.14 bits per heavy atom. The Morgan fingerprint density at radius 3 is 2.86 bits per heavy atom. The van der Waals surface area contributed by atoms with E-state index >= 15 is 0 Å². The molecule has 0 aromatic carbocycles. The first-order valence-corrected chi connectivity index (χ1v) is 11.2. The van der Waals surface area contributed by atoms with Gasteiger partial charge in [-0.2, -0.15) is 0 Å². The molecule has 0 radical (unpaired) electrons. The standard InChI is InChI=1S/C21H40N6O/c1-5-7-8-9-11-17(3)24-21(25-18(4)19-12-10-15-28-19)22-13-14-27-16-23-26-20(27)6-2/h16-19H,5-15H2,1-4H3,(H2,22,24,25). The third-order valence-corrected chi connectivity index (χ3v) is 5.38. The third kappa shape index (κ3) is 7.78. The first kappa shape index (κ1) is 22.7. The fourth-order valence-electron chi connectivity index (χ4n) is 3.63. The van der Waals surface area contributed by atoms with Crippen molar-refractivity contribution in [1.82, 2.24) is 25.4 Å². The van der Waals surface area contributed by atoms with E-state index in [0.29, 0.717) is 12.6 Å². The maximum atomic E-state index is 5.84. The van der Waals surface area contributed by atoms with E-state index in [1.54, 1.807) is 6.33 Å². The van der Waals surface area contributed by atoms with Crippen LogP contribution in [0.2, 0.25) is 0 Å². The number of hydrogen-bond acceptors (Lipinski definition) is 4. The van der Waals surface area contributed by atoms with Gasteiger partial charge in [0.2, 0.25) is 0 Å². The Hall–Kier alpha value is -1.63. The average molecular weight is 393 g/mol. The van der Waals surface area contributed by atoms with Crippen LogP contribution in [0.4, 0.5) is 0 Å². The van der Waals surface area contributed by atoms with E-state index in [1.165, 1.54) is 32.1 Å². The maximum Gasteiger partial charge on any atom is 0.191 e. The highest BCUT2D eigenvalue weighted by molar-refractivity contribution is 5.80. The molecule has 0 amide bonds. The lowest BCUT2D eigenvalue weighted by Gasteiger charge is -2.25. The summed E-state index contributed by atoms with van der Waals surface area (Å²) in [5, 5.41) is 15.3. The van der Waals surface area contributed by atoms with Gasteiger partial charge in [0.15, 0.2) is 5.96 Å². The lowest BCUT2D eigenvalue weighted by Crippen LogP contribution is -2.49. The summed E-state index contributed by atoms with van der Waals surface area (Å²) >= 11 is 0. The Bertz CT molecular complexity index is 567. The highest BCUT2D eigenvalue weighted by Crippen LogP contribution is 2.15. The van der Waals surface area contributed by atoms with Gasteiger partial charge in [-0.05, 0) is 33.1 Å². The SMILES string of the molecule is CCCCCCC(C)NC(=NCCn1cnnc1CC)NC(C)C1CCCO1. The monoisotopic (exact) mass is 392 g/mol. The van der Waals surface area contributed by atoms with E-state index in [-0.39, 0.29) is 12.1 Å². The Labute approximate surface area is 170 Å². The van der Waals surface area contributed by atoms with Crippen molar-refractivity contribution < 1.29 is 4.74 Å². The average Bonchev–Trinajstić information content (AvgIpc) is 3.36. The second-order valence-electron chi connectivity index (χ2n) is 7.90. The van der Waals surface area contributed by atoms with Crippen LogP contribution in [-0.4, -0.2) is 52.1 Å². The fraction of sp³-hybridized carbons (Fsp3) is 0.857. The molecule has 1 aliphatic heterocycles. The van der Waals surface area contributed by atoms with Crippen molar-refractivity contribution in [3.63, 3.8) is 0 Å². The summed E-state index contributed by atoms with van der Waals surface area (Å²) in [7, 11) is 0. The number of rotatable bonds is 12. The van der Waals surface area contributed by atoms with Crippen molar-refractivity contribution in [2.75, 3.05) is 13.2 Å². The van der Waals surface area contributed by atoms with E-state index in [1.807, 2.05) is 0 Å². The third-order valence-electron chi connectivity index (χ3n) is 5.38. The molecular formula is C21H40N6O. The zero-order valence-corrected chi connectivity index (χ0v) is 18.3. The van der Waals surface area contributed by atoms with Crippen molar-refractivity contribution in [1.29, 1.82) is 0 Å². The summed E-state index contributed by atoms with van der Waals surface area (Å²) in [6.45, 7) is 11.1. The molecule has 2 rings (SSSR count). The van der Waals surface area contributed by atoms with Gasteiger partial charge in [0.05, 0.1) is 18.7 Å². The molecular weight excluding hydrogens is 352 g/mol. The van der Waals surface area contributed by atoms with Gasteiger partial charge in [-0.1, -0.05) is 39.5 Å². The van der Waals surface area contributed by atoms with Crippen LogP contribution in [0.15, 0.2) is 11.3 Å². The smallest absolute Gasteiger partial charge is 0.191 e. The molecule has 3 unspecified atom stereocenters. The second-order valence-corrected chi connectivity index (χ2v) is 7.90. The number of guanidine groups is 1. The first-order chi connectivity index (χ1) is 13.6. The van der Waals surface area contributed by atoms with Crippen LogP contribution in [0.3, 0.4) is 0 Å². The van der Waals surface area contributed by atoms with Gasteiger partial charge in [-0.25, -0.2) is 0 Å². The van der Waals surface area contributed by atoms with E-state index in [2.05, 4.69) is 53.1 Å². The van der Waals surface area contributed by atoms with Crippen LogP contribution >= 0.6 is 0 Å². The molecule has 2 N–H and O–H groups in total. The number of nitrogens with one attached hydrogen (secondary N) is 2. The summed E-state index contributed by atoms with van der Waals surface area (Å²) in [4.78, 5) is 4.83. The topological polar surface area (TPSA) is 76.4 Å². The van der Waals surface area contributed by atoms with E-state index < -0.39 is 0 Å². The molecule has 7 heteroatoms. The van der Waals surface area contributed by atoms with Crippen molar-refractivity contribution in [3.8, 4) is 0 Å². The number of aromatic nitrogens is 3. The second kappa shape index (κ2) is 12.8. The quantitative estimate of drug-likeness (QED) is 0.324. The number of ether oxygens (including phenoxy) is 1. The minimum Gasteiger partial charge on any atom is -0.376 e. The molecule has 0 aliphatic carbocycles. The molecule has 1 aliphatic rings. The lowest BCUT2D eigenvalue weighted by atomic mass is 10.1. The van der Waals surface area contributed by atoms with Crippen LogP contribution in [0.25, 0.3) is 0 Å². The van der Waals surface area contributed by atoms with Gasteiger partial charge in [-0.15, -0.1) is 10.2 Å². The molecule has 2 heterocycles. The highest BCUT2D eigenvalue weighted by Gasteiger charge is 2.23. The molecule has 1 saturated heterocycles. The van der Waals surface area contributed by atoms with Gasteiger partial charge in [0.1, 0.15) is 12.2 Å². The lowest BCUT2D eigenvalue weighted by molar-refractivity contribution is 0.0889. The molecule has 7 nitrogen and oxygen atoms in total. The largest absolute Gasteiger partial charge is 0.376 e. The maximum absolute atomic E-state index is 5.84. The molecule has 1 fully saturated rings. The molecule has 0 saturated carbocycles. The summed E-state index contributed by atoms with van der Waals surface area (Å²) in [6, 6.07) is 0.656. The van der Waals surface area contributed by atoms with Crippen molar-refractivity contribution in [2.45, 2.75) is 104 Å².